The summed E-state index contributed by atoms with van der Waals surface area (Å²) in [7, 11) is 0. The molecular weight excluding hydrogens is 348 g/mol. The zero-order valence-corrected chi connectivity index (χ0v) is 16.1. The number of para-hydroxylation sites is 1. The Morgan fingerprint density at radius 3 is 2.39 bits per heavy atom. The maximum atomic E-state index is 12.7. The summed E-state index contributed by atoms with van der Waals surface area (Å²) in [5.74, 6) is 0.678. The average Bonchev–Trinajstić information content (AvgIpc) is 2.76. The van der Waals surface area contributed by atoms with Gasteiger partial charge in [0.1, 0.15) is 0 Å². The number of hydrogen-bond donors (Lipinski definition) is 1. The summed E-state index contributed by atoms with van der Waals surface area (Å²) in [6, 6.07) is 17.6. The van der Waals surface area contributed by atoms with Gasteiger partial charge in [-0.25, -0.2) is 9.97 Å². The van der Waals surface area contributed by atoms with Crippen molar-refractivity contribution in [2.24, 2.45) is 0 Å². The highest BCUT2D eigenvalue weighted by Gasteiger charge is 2.18. The lowest BCUT2D eigenvalue weighted by molar-refractivity contribution is 0.0724. The van der Waals surface area contributed by atoms with E-state index in [1.807, 2.05) is 72.6 Å². The quantitative estimate of drug-likeness (QED) is 0.713. The van der Waals surface area contributed by atoms with E-state index in [9.17, 15) is 4.79 Å². The van der Waals surface area contributed by atoms with Crippen LogP contribution in [0.3, 0.4) is 0 Å². The minimum Gasteiger partial charge on any atom is -0.339 e. The van der Waals surface area contributed by atoms with Crippen molar-refractivity contribution in [1.82, 2.24) is 14.9 Å². The van der Waals surface area contributed by atoms with Gasteiger partial charge < -0.3 is 10.2 Å². The van der Waals surface area contributed by atoms with E-state index >= 15 is 0 Å². The van der Waals surface area contributed by atoms with Crippen molar-refractivity contribution in [2.45, 2.75) is 26.2 Å². The van der Waals surface area contributed by atoms with E-state index in [0.717, 1.165) is 54.0 Å². The molecule has 3 aromatic rings. The molecule has 0 bridgehead atoms. The van der Waals surface area contributed by atoms with Crippen LogP contribution in [0.15, 0.2) is 60.8 Å². The summed E-state index contributed by atoms with van der Waals surface area (Å²) < 4.78 is 0. The van der Waals surface area contributed by atoms with Crippen LogP contribution in [0.1, 0.15) is 35.2 Å². The molecule has 0 spiro atoms. The standard InChI is InChI=1S/C23H24N4O/c1-17-16-24-23(25-20-8-4-2-5-9-20)26-21(17)18-10-12-19(13-11-18)22(28)27-14-6-3-7-15-27/h2,4-5,8-13,16H,3,6-7,14-15H2,1H3,(H,24,25,26). The van der Waals surface area contributed by atoms with E-state index in [2.05, 4.69) is 15.3 Å². The van der Waals surface area contributed by atoms with E-state index in [4.69, 9.17) is 0 Å². The van der Waals surface area contributed by atoms with Gasteiger partial charge in [0.25, 0.3) is 5.91 Å². The molecule has 1 aromatic heterocycles. The van der Waals surface area contributed by atoms with Gasteiger partial charge in [-0.15, -0.1) is 0 Å². The van der Waals surface area contributed by atoms with Gasteiger partial charge in [0, 0.05) is 36.1 Å². The van der Waals surface area contributed by atoms with E-state index in [1.165, 1.54) is 6.42 Å². The Bertz CT molecular complexity index is 948. The summed E-state index contributed by atoms with van der Waals surface area (Å²) in [4.78, 5) is 23.7. The van der Waals surface area contributed by atoms with Crippen LogP contribution >= 0.6 is 0 Å². The van der Waals surface area contributed by atoms with Crippen LogP contribution in [0.4, 0.5) is 11.6 Å². The molecule has 4 rings (SSSR count). The fraction of sp³-hybridized carbons (Fsp3) is 0.261. The summed E-state index contributed by atoms with van der Waals surface area (Å²) in [5, 5.41) is 3.23. The fourth-order valence-corrected chi connectivity index (χ4v) is 3.50. The van der Waals surface area contributed by atoms with Crippen LogP contribution in [0, 0.1) is 6.92 Å². The van der Waals surface area contributed by atoms with Crippen molar-refractivity contribution >= 4 is 17.5 Å². The van der Waals surface area contributed by atoms with E-state index in [0.29, 0.717) is 5.95 Å². The second-order valence-corrected chi connectivity index (χ2v) is 7.15. The van der Waals surface area contributed by atoms with Gasteiger partial charge in [0.15, 0.2) is 0 Å². The number of carbonyl (C=O) groups excluding carboxylic acids is 1. The van der Waals surface area contributed by atoms with Crippen LogP contribution in [0.5, 0.6) is 0 Å². The first-order valence-electron chi connectivity index (χ1n) is 9.76. The minimum absolute atomic E-state index is 0.122. The van der Waals surface area contributed by atoms with E-state index < -0.39 is 0 Å². The number of nitrogens with one attached hydrogen (secondary N) is 1. The first-order chi connectivity index (χ1) is 13.7. The maximum absolute atomic E-state index is 12.7. The van der Waals surface area contributed by atoms with Gasteiger partial charge in [-0.3, -0.25) is 4.79 Å². The lowest BCUT2D eigenvalue weighted by atomic mass is 10.0. The molecule has 0 atom stereocenters. The fourth-order valence-electron chi connectivity index (χ4n) is 3.50. The Hall–Kier alpha value is -3.21. The lowest BCUT2D eigenvalue weighted by Crippen LogP contribution is -2.35. The number of likely N-dealkylation sites (tertiary alicyclic amines) is 1. The molecule has 1 aliphatic rings. The number of benzene rings is 2. The molecule has 1 aliphatic heterocycles. The summed E-state index contributed by atoms with van der Waals surface area (Å²) in [6.07, 6.45) is 5.23. The first-order valence-corrected chi connectivity index (χ1v) is 9.76. The van der Waals surface area contributed by atoms with Crippen molar-refractivity contribution in [3.63, 3.8) is 0 Å². The molecule has 28 heavy (non-hydrogen) atoms. The number of anilines is 2. The molecule has 1 saturated heterocycles. The molecule has 0 aliphatic carbocycles. The predicted molar refractivity (Wildman–Crippen MR) is 112 cm³/mol. The number of rotatable bonds is 4. The molecule has 1 amide bonds. The van der Waals surface area contributed by atoms with Crippen LogP contribution in [0.25, 0.3) is 11.3 Å². The monoisotopic (exact) mass is 372 g/mol. The number of nitrogens with zero attached hydrogens (tertiary/aromatic N) is 3. The van der Waals surface area contributed by atoms with Crippen LogP contribution in [-0.2, 0) is 0 Å². The molecule has 1 N–H and O–H groups in total. The largest absolute Gasteiger partial charge is 0.339 e. The van der Waals surface area contributed by atoms with Crippen molar-refractivity contribution in [2.75, 3.05) is 18.4 Å². The highest BCUT2D eigenvalue weighted by molar-refractivity contribution is 5.94. The van der Waals surface area contributed by atoms with Crippen molar-refractivity contribution in [1.29, 1.82) is 0 Å². The SMILES string of the molecule is Cc1cnc(Nc2ccccc2)nc1-c1ccc(C(=O)N2CCCCC2)cc1. The number of hydrogen-bond acceptors (Lipinski definition) is 4. The number of aryl methyl sites for hydroxylation is 1. The normalized spacial score (nSPS) is 14.0. The molecule has 0 unspecified atom stereocenters. The molecule has 2 heterocycles. The smallest absolute Gasteiger partial charge is 0.253 e. The van der Waals surface area contributed by atoms with Gasteiger partial charge in [-0.2, -0.15) is 0 Å². The second-order valence-electron chi connectivity index (χ2n) is 7.15. The predicted octanol–water partition coefficient (Wildman–Crippen LogP) is 4.82. The topological polar surface area (TPSA) is 58.1 Å². The number of carbonyl (C=O) groups is 1. The van der Waals surface area contributed by atoms with Gasteiger partial charge in [0.05, 0.1) is 5.69 Å². The molecular formula is C23H24N4O. The number of amides is 1. The molecule has 0 saturated carbocycles. The highest BCUT2D eigenvalue weighted by Crippen LogP contribution is 2.24. The van der Waals surface area contributed by atoms with Gasteiger partial charge >= 0.3 is 0 Å². The third-order valence-corrected chi connectivity index (χ3v) is 5.05. The highest BCUT2D eigenvalue weighted by atomic mass is 16.2. The zero-order valence-electron chi connectivity index (χ0n) is 16.1. The summed E-state index contributed by atoms with van der Waals surface area (Å²) in [6.45, 7) is 3.72. The van der Waals surface area contributed by atoms with E-state index in [-0.39, 0.29) is 5.91 Å². The molecule has 1 fully saturated rings. The number of aromatic nitrogens is 2. The first kappa shape index (κ1) is 18.2. The third-order valence-electron chi connectivity index (χ3n) is 5.05. The van der Waals surface area contributed by atoms with E-state index in [1.54, 1.807) is 0 Å². The van der Waals surface area contributed by atoms with Gasteiger partial charge in [-0.1, -0.05) is 30.3 Å². The average molecular weight is 372 g/mol. The second kappa shape index (κ2) is 8.21. The Morgan fingerprint density at radius 2 is 1.68 bits per heavy atom. The Morgan fingerprint density at radius 1 is 0.964 bits per heavy atom. The molecule has 5 heteroatoms. The van der Waals surface area contributed by atoms with Crippen LogP contribution < -0.4 is 5.32 Å². The van der Waals surface area contributed by atoms with Crippen LogP contribution in [0.2, 0.25) is 0 Å². The number of piperidine rings is 1. The third kappa shape index (κ3) is 4.03. The minimum atomic E-state index is 0.122. The molecule has 0 radical (unpaired) electrons. The molecule has 5 nitrogen and oxygen atoms in total. The summed E-state index contributed by atoms with van der Waals surface area (Å²) in [5.41, 5.74) is 4.52. The lowest BCUT2D eigenvalue weighted by Gasteiger charge is -2.26. The van der Waals surface area contributed by atoms with Crippen molar-refractivity contribution < 1.29 is 4.79 Å². The molecule has 142 valence electrons. The van der Waals surface area contributed by atoms with Crippen molar-refractivity contribution in [3.8, 4) is 11.3 Å². The summed E-state index contributed by atoms with van der Waals surface area (Å²) >= 11 is 0. The Kier molecular flexibility index (Phi) is 5.33. The Labute approximate surface area is 165 Å². The zero-order chi connectivity index (χ0) is 19.3. The van der Waals surface area contributed by atoms with Crippen molar-refractivity contribution in [3.05, 3.63) is 71.9 Å². The maximum Gasteiger partial charge on any atom is 0.253 e. The molecule has 2 aromatic carbocycles. The van der Waals surface area contributed by atoms with Gasteiger partial charge in [-0.05, 0) is 56.0 Å². The van der Waals surface area contributed by atoms with Crippen LogP contribution in [-0.4, -0.2) is 33.9 Å². The van der Waals surface area contributed by atoms with Gasteiger partial charge in [0.2, 0.25) is 5.95 Å². The Balaban J connectivity index is 1.55.